The second-order valence-electron chi connectivity index (χ2n) is 6.33. The number of benzene rings is 2. The molecule has 2 N–H and O–H groups in total. The molecule has 0 aliphatic carbocycles. The Kier molecular flexibility index (Phi) is 6.57. The lowest BCUT2D eigenvalue weighted by atomic mass is 10.2. The molecule has 0 aliphatic rings. The minimum atomic E-state index is -3.63. The highest BCUT2D eigenvalue weighted by Gasteiger charge is 2.18. The van der Waals surface area contributed by atoms with Crippen LogP contribution in [0.4, 0.5) is 0 Å². The molecule has 2 rings (SSSR count). The zero-order chi connectivity index (χ0) is 19.4. The molecule has 0 aliphatic heterocycles. The zero-order valence-corrected chi connectivity index (χ0v) is 16.7. The molecule has 0 amide bonds. The third-order valence-corrected chi connectivity index (χ3v) is 6.97. The standard InChI is InChI=1S/C18H24N2O4S2/c1-14-4-8-17(9-5-14)25(21,22)19-13-12-16(3)20-26(23,24)18-10-6-15(2)7-11-18/h4-11,16,19-20H,12-13H2,1-3H3/t16-/m1/s1. The van der Waals surface area contributed by atoms with E-state index in [1.165, 1.54) is 0 Å². The molecular weight excluding hydrogens is 372 g/mol. The van der Waals surface area contributed by atoms with Crippen LogP contribution in [0.25, 0.3) is 0 Å². The summed E-state index contributed by atoms with van der Waals surface area (Å²) in [4.78, 5) is 0.381. The average Bonchev–Trinajstić information content (AvgIpc) is 2.55. The molecule has 0 fully saturated rings. The molecule has 6 nitrogen and oxygen atoms in total. The maximum absolute atomic E-state index is 12.3. The molecule has 0 aromatic heterocycles. The second-order valence-corrected chi connectivity index (χ2v) is 9.82. The van der Waals surface area contributed by atoms with Gasteiger partial charge in [0.05, 0.1) is 9.79 Å². The van der Waals surface area contributed by atoms with Crippen LogP contribution in [0.15, 0.2) is 58.3 Å². The van der Waals surface area contributed by atoms with Crippen molar-refractivity contribution in [3.8, 4) is 0 Å². The van der Waals surface area contributed by atoms with Crippen molar-refractivity contribution in [2.75, 3.05) is 6.54 Å². The Hall–Kier alpha value is -1.74. The van der Waals surface area contributed by atoms with Crippen LogP contribution < -0.4 is 9.44 Å². The number of rotatable bonds is 8. The quantitative estimate of drug-likeness (QED) is 0.716. The van der Waals surface area contributed by atoms with E-state index in [0.717, 1.165) is 11.1 Å². The van der Waals surface area contributed by atoms with Crippen molar-refractivity contribution >= 4 is 20.0 Å². The fraction of sp³-hybridized carbons (Fsp3) is 0.333. The summed E-state index contributed by atoms with van der Waals surface area (Å²) in [6, 6.07) is 12.7. The fourth-order valence-corrected chi connectivity index (χ4v) is 4.65. The van der Waals surface area contributed by atoms with Crippen molar-refractivity contribution in [2.45, 2.75) is 43.0 Å². The summed E-state index contributed by atoms with van der Waals surface area (Å²) < 4.78 is 54.1. The molecule has 0 saturated heterocycles. The Bertz CT molecular complexity index is 936. The van der Waals surface area contributed by atoms with Crippen LogP contribution >= 0.6 is 0 Å². The maximum Gasteiger partial charge on any atom is 0.240 e. The zero-order valence-electron chi connectivity index (χ0n) is 15.1. The monoisotopic (exact) mass is 396 g/mol. The van der Waals surface area contributed by atoms with Gasteiger partial charge < -0.3 is 0 Å². The molecule has 0 saturated carbocycles. The van der Waals surface area contributed by atoms with Gasteiger partial charge in [-0.15, -0.1) is 0 Å². The molecule has 1 atom stereocenters. The predicted octanol–water partition coefficient (Wildman–Crippen LogP) is 2.34. The Morgan fingerprint density at radius 2 is 1.19 bits per heavy atom. The lowest BCUT2D eigenvalue weighted by Crippen LogP contribution is -2.36. The number of hydrogen-bond acceptors (Lipinski definition) is 4. The molecule has 2 aromatic rings. The second kappa shape index (κ2) is 8.30. The van der Waals surface area contributed by atoms with E-state index in [1.807, 2.05) is 13.8 Å². The minimum Gasteiger partial charge on any atom is -0.211 e. The van der Waals surface area contributed by atoms with Gasteiger partial charge >= 0.3 is 0 Å². The van der Waals surface area contributed by atoms with E-state index in [-0.39, 0.29) is 16.3 Å². The summed E-state index contributed by atoms with van der Waals surface area (Å²) in [5, 5.41) is 0. The molecule has 0 spiro atoms. The van der Waals surface area contributed by atoms with Crippen molar-refractivity contribution in [1.82, 2.24) is 9.44 Å². The molecular formula is C18H24N2O4S2. The molecule has 0 unspecified atom stereocenters. The average molecular weight is 397 g/mol. The highest BCUT2D eigenvalue weighted by Crippen LogP contribution is 2.12. The van der Waals surface area contributed by atoms with Crippen LogP contribution in [0.3, 0.4) is 0 Å². The van der Waals surface area contributed by atoms with Gasteiger partial charge in [0.1, 0.15) is 0 Å². The van der Waals surface area contributed by atoms with Gasteiger partial charge in [-0.2, -0.15) is 0 Å². The first-order valence-corrected chi connectivity index (χ1v) is 11.2. The van der Waals surface area contributed by atoms with Crippen LogP contribution in [0.2, 0.25) is 0 Å². The first-order valence-electron chi connectivity index (χ1n) is 8.25. The summed E-state index contributed by atoms with van der Waals surface area (Å²) in [6.07, 6.45) is 0.330. The largest absolute Gasteiger partial charge is 0.240 e. The highest BCUT2D eigenvalue weighted by atomic mass is 32.2. The number of aryl methyl sites for hydroxylation is 2. The van der Waals surface area contributed by atoms with E-state index in [1.54, 1.807) is 55.5 Å². The topological polar surface area (TPSA) is 92.3 Å². The van der Waals surface area contributed by atoms with Crippen LogP contribution in [0.1, 0.15) is 24.5 Å². The molecule has 0 heterocycles. The van der Waals surface area contributed by atoms with Crippen molar-refractivity contribution in [2.24, 2.45) is 0 Å². The van der Waals surface area contributed by atoms with E-state index in [4.69, 9.17) is 0 Å². The smallest absolute Gasteiger partial charge is 0.211 e. The Morgan fingerprint density at radius 1 is 0.769 bits per heavy atom. The van der Waals surface area contributed by atoms with E-state index in [0.29, 0.717) is 6.42 Å². The van der Waals surface area contributed by atoms with Crippen molar-refractivity contribution in [1.29, 1.82) is 0 Å². The Labute approximate surface area is 155 Å². The molecule has 0 bridgehead atoms. The van der Waals surface area contributed by atoms with Crippen LogP contribution in [-0.4, -0.2) is 29.4 Å². The third kappa shape index (κ3) is 5.63. The lowest BCUT2D eigenvalue weighted by molar-refractivity contribution is 0.539. The highest BCUT2D eigenvalue weighted by molar-refractivity contribution is 7.89. The van der Waals surface area contributed by atoms with Crippen LogP contribution in [0, 0.1) is 13.8 Å². The maximum atomic E-state index is 12.3. The minimum absolute atomic E-state index is 0.133. The Morgan fingerprint density at radius 3 is 1.65 bits per heavy atom. The molecule has 8 heteroatoms. The summed E-state index contributed by atoms with van der Waals surface area (Å²) in [6.45, 7) is 5.60. The van der Waals surface area contributed by atoms with Crippen molar-refractivity contribution in [3.63, 3.8) is 0 Å². The van der Waals surface area contributed by atoms with E-state index >= 15 is 0 Å². The summed E-state index contributed by atoms with van der Waals surface area (Å²) in [5.41, 5.74) is 1.95. The van der Waals surface area contributed by atoms with Gasteiger partial charge in [-0.25, -0.2) is 26.3 Å². The summed E-state index contributed by atoms with van der Waals surface area (Å²) in [5.74, 6) is 0. The Balaban J connectivity index is 1.91. The molecule has 26 heavy (non-hydrogen) atoms. The summed E-state index contributed by atoms with van der Waals surface area (Å²) >= 11 is 0. The SMILES string of the molecule is Cc1ccc(S(=O)(=O)NCC[C@@H](C)NS(=O)(=O)c2ccc(C)cc2)cc1. The number of nitrogens with one attached hydrogen (secondary N) is 2. The number of hydrogen-bond donors (Lipinski definition) is 2. The predicted molar refractivity (Wildman–Crippen MR) is 102 cm³/mol. The van der Waals surface area contributed by atoms with Gasteiger partial charge in [0, 0.05) is 12.6 Å². The van der Waals surface area contributed by atoms with Gasteiger partial charge in [-0.1, -0.05) is 35.4 Å². The van der Waals surface area contributed by atoms with Crippen molar-refractivity contribution in [3.05, 3.63) is 59.7 Å². The van der Waals surface area contributed by atoms with Crippen LogP contribution in [0.5, 0.6) is 0 Å². The van der Waals surface area contributed by atoms with E-state index in [9.17, 15) is 16.8 Å². The first-order chi connectivity index (χ1) is 12.1. The fourth-order valence-electron chi connectivity index (χ4n) is 2.32. The molecule has 0 radical (unpaired) electrons. The summed E-state index contributed by atoms with van der Waals surface area (Å²) in [7, 11) is -7.23. The van der Waals surface area contributed by atoms with Gasteiger partial charge in [0.25, 0.3) is 0 Å². The lowest BCUT2D eigenvalue weighted by Gasteiger charge is -2.15. The van der Waals surface area contributed by atoms with Gasteiger partial charge in [-0.3, -0.25) is 0 Å². The van der Waals surface area contributed by atoms with E-state index in [2.05, 4.69) is 9.44 Å². The van der Waals surface area contributed by atoms with E-state index < -0.39 is 26.1 Å². The molecule has 2 aromatic carbocycles. The first kappa shape index (κ1) is 20.6. The number of sulfonamides is 2. The van der Waals surface area contributed by atoms with Crippen LogP contribution in [-0.2, 0) is 20.0 Å². The normalized spacial score (nSPS) is 13.5. The third-order valence-electron chi connectivity index (χ3n) is 3.89. The van der Waals surface area contributed by atoms with Crippen molar-refractivity contribution < 1.29 is 16.8 Å². The van der Waals surface area contributed by atoms with Gasteiger partial charge in [0.2, 0.25) is 20.0 Å². The molecule has 142 valence electrons. The van der Waals surface area contributed by atoms with Gasteiger partial charge in [0.15, 0.2) is 0 Å². The van der Waals surface area contributed by atoms with Gasteiger partial charge in [-0.05, 0) is 51.5 Å².